The first-order chi connectivity index (χ1) is 10.0. The number of benzene rings is 2. The van der Waals surface area contributed by atoms with Gasteiger partial charge in [-0.3, -0.25) is 9.59 Å². The molecule has 2 aromatic rings. The van der Waals surface area contributed by atoms with Crippen molar-refractivity contribution in [1.82, 2.24) is 0 Å². The van der Waals surface area contributed by atoms with E-state index in [-0.39, 0.29) is 11.8 Å². The lowest BCUT2D eigenvalue weighted by Gasteiger charge is -2.08. The fourth-order valence-corrected chi connectivity index (χ4v) is 2.99. The summed E-state index contributed by atoms with van der Waals surface area (Å²) in [5.74, 6) is -0.222. The smallest absolute Gasteiger partial charge is 0.255 e. The van der Waals surface area contributed by atoms with Crippen LogP contribution in [-0.4, -0.2) is 11.8 Å². The molecule has 2 N–H and O–H groups in total. The zero-order valence-corrected chi connectivity index (χ0v) is 13.0. The van der Waals surface area contributed by atoms with E-state index in [1.54, 1.807) is 18.2 Å². The number of hydrogen-bond acceptors (Lipinski definition) is 2. The molecule has 21 heavy (non-hydrogen) atoms. The number of nitrogens with one attached hydrogen (secondary N) is 2. The van der Waals surface area contributed by atoms with Gasteiger partial charge in [0.25, 0.3) is 5.91 Å². The van der Waals surface area contributed by atoms with Gasteiger partial charge in [0.05, 0.1) is 6.42 Å². The van der Waals surface area contributed by atoms with Gasteiger partial charge in [-0.05, 0) is 54.4 Å². The molecular weight excluding hydrogens is 332 g/mol. The molecule has 0 radical (unpaired) electrons. The Morgan fingerprint density at radius 2 is 2.05 bits per heavy atom. The minimum atomic E-state index is -0.186. The molecule has 106 valence electrons. The molecule has 5 heteroatoms. The number of anilines is 2. The van der Waals surface area contributed by atoms with Gasteiger partial charge in [-0.15, -0.1) is 0 Å². The highest BCUT2D eigenvalue weighted by molar-refractivity contribution is 9.10. The topological polar surface area (TPSA) is 58.2 Å². The zero-order chi connectivity index (χ0) is 15.0. The zero-order valence-electron chi connectivity index (χ0n) is 11.4. The Balaban J connectivity index is 1.83. The van der Waals surface area contributed by atoms with E-state index in [1.807, 2.05) is 25.1 Å². The van der Waals surface area contributed by atoms with Crippen molar-refractivity contribution in [3.05, 3.63) is 57.6 Å². The summed E-state index contributed by atoms with van der Waals surface area (Å²) in [4.78, 5) is 23.6. The third-order valence-corrected chi connectivity index (χ3v) is 3.75. The maximum Gasteiger partial charge on any atom is 0.255 e. The van der Waals surface area contributed by atoms with Crippen LogP contribution in [0.15, 0.2) is 40.9 Å². The summed E-state index contributed by atoms with van der Waals surface area (Å²) in [5.41, 5.74) is 3.99. The lowest BCUT2D eigenvalue weighted by atomic mass is 10.1. The SMILES string of the molecule is Cc1cc(Br)cc(NC(=O)c2ccc3c(c2)CC(=O)N3)c1. The van der Waals surface area contributed by atoms with Gasteiger partial charge in [-0.1, -0.05) is 15.9 Å². The van der Waals surface area contributed by atoms with Gasteiger partial charge in [0.2, 0.25) is 5.91 Å². The molecule has 0 unspecified atom stereocenters. The standard InChI is InChI=1S/C16H13BrN2O2/c1-9-4-12(17)8-13(5-9)18-16(21)10-2-3-14-11(6-10)7-15(20)19-14/h2-6,8H,7H2,1H3,(H,18,21)(H,19,20). The normalized spacial score (nSPS) is 12.8. The Morgan fingerprint density at radius 1 is 1.24 bits per heavy atom. The highest BCUT2D eigenvalue weighted by Crippen LogP contribution is 2.25. The molecule has 0 saturated heterocycles. The molecule has 1 aliphatic rings. The maximum absolute atomic E-state index is 12.3. The number of amides is 2. The van der Waals surface area contributed by atoms with Gasteiger partial charge >= 0.3 is 0 Å². The molecule has 0 aromatic heterocycles. The van der Waals surface area contributed by atoms with Crippen LogP contribution in [0, 0.1) is 6.92 Å². The maximum atomic E-state index is 12.3. The van der Waals surface area contributed by atoms with Crippen molar-refractivity contribution in [3.63, 3.8) is 0 Å². The number of halogens is 1. The summed E-state index contributed by atoms with van der Waals surface area (Å²) in [6.07, 6.45) is 0.326. The second-order valence-electron chi connectivity index (χ2n) is 5.07. The summed E-state index contributed by atoms with van der Waals surface area (Å²) < 4.78 is 0.918. The van der Waals surface area contributed by atoms with E-state index in [9.17, 15) is 9.59 Å². The van der Waals surface area contributed by atoms with E-state index in [1.165, 1.54) is 0 Å². The first kappa shape index (κ1) is 13.8. The molecule has 0 fully saturated rings. The summed E-state index contributed by atoms with van der Waals surface area (Å²) in [6.45, 7) is 1.97. The predicted octanol–water partition coefficient (Wildman–Crippen LogP) is 3.50. The van der Waals surface area contributed by atoms with Crippen molar-refractivity contribution in [2.75, 3.05) is 10.6 Å². The third kappa shape index (κ3) is 2.97. The van der Waals surface area contributed by atoms with Gasteiger partial charge in [-0.25, -0.2) is 0 Å². The van der Waals surface area contributed by atoms with E-state index < -0.39 is 0 Å². The van der Waals surface area contributed by atoms with Crippen molar-refractivity contribution in [1.29, 1.82) is 0 Å². The average molecular weight is 345 g/mol. The van der Waals surface area contributed by atoms with Crippen LogP contribution < -0.4 is 10.6 Å². The highest BCUT2D eigenvalue weighted by Gasteiger charge is 2.19. The van der Waals surface area contributed by atoms with E-state index in [2.05, 4.69) is 26.6 Å². The molecular formula is C16H13BrN2O2. The summed E-state index contributed by atoms with van der Waals surface area (Å²) >= 11 is 3.41. The average Bonchev–Trinajstić information content (AvgIpc) is 2.76. The quantitative estimate of drug-likeness (QED) is 0.875. The molecule has 0 bridgehead atoms. The number of carbonyl (C=O) groups excluding carboxylic acids is 2. The van der Waals surface area contributed by atoms with E-state index >= 15 is 0 Å². The Morgan fingerprint density at radius 3 is 2.81 bits per heavy atom. The first-order valence-electron chi connectivity index (χ1n) is 6.52. The number of carbonyl (C=O) groups is 2. The van der Waals surface area contributed by atoms with Gasteiger partial charge < -0.3 is 10.6 Å². The molecule has 0 spiro atoms. The molecule has 1 heterocycles. The molecule has 0 atom stereocenters. The molecule has 4 nitrogen and oxygen atoms in total. The lowest BCUT2D eigenvalue weighted by Crippen LogP contribution is -2.12. The fourth-order valence-electron chi connectivity index (χ4n) is 2.38. The monoisotopic (exact) mass is 344 g/mol. The van der Waals surface area contributed by atoms with Crippen LogP contribution in [0.1, 0.15) is 21.5 Å². The molecule has 2 aromatic carbocycles. The van der Waals surface area contributed by atoms with Crippen LogP contribution in [-0.2, 0) is 11.2 Å². The Kier molecular flexibility index (Phi) is 3.51. The van der Waals surface area contributed by atoms with E-state index in [4.69, 9.17) is 0 Å². The number of aryl methyl sites for hydroxylation is 1. The van der Waals surface area contributed by atoms with Gasteiger partial charge in [0.1, 0.15) is 0 Å². The second-order valence-corrected chi connectivity index (χ2v) is 5.98. The van der Waals surface area contributed by atoms with Crippen molar-refractivity contribution in [2.45, 2.75) is 13.3 Å². The van der Waals surface area contributed by atoms with E-state index in [0.29, 0.717) is 12.0 Å². The number of rotatable bonds is 2. The van der Waals surface area contributed by atoms with Gasteiger partial charge in [0, 0.05) is 21.4 Å². The highest BCUT2D eigenvalue weighted by atomic mass is 79.9. The van der Waals surface area contributed by atoms with Crippen molar-refractivity contribution >= 4 is 39.1 Å². The van der Waals surface area contributed by atoms with Crippen molar-refractivity contribution < 1.29 is 9.59 Å². The minimum absolute atomic E-state index is 0.0369. The van der Waals surface area contributed by atoms with Crippen LogP contribution in [0.4, 0.5) is 11.4 Å². The van der Waals surface area contributed by atoms with Crippen LogP contribution in [0.2, 0.25) is 0 Å². The van der Waals surface area contributed by atoms with Crippen LogP contribution in [0.25, 0.3) is 0 Å². The molecule has 3 rings (SSSR count). The Hall–Kier alpha value is -2.14. The lowest BCUT2D eigenvalue weighted by molar-refractivity contribution is -0.115. The predicted molar refractivity (Wildman–Crippen MR) is 85.6 cm³/mol. The Labute approximate surface area is 130 Å². The van der Waals surface area contributed by atoms with Crippen molar-refractivity contribution in [2.24, 2.45) is 0 Å². The third-order valence-electron chi connectivity index (χ3n) is 3.29. The van der Waals surface area contributed by atoms with Crippen LogP contribution in [0.5, 0.6) is 0 Å². The molecule has 0 aliphatic carbocycles. The summed E-state index contributed by atoms with van der Waals surface area (Å²) in [6, 6.07) is 11.0. The van der Waals surface area contributed by atoms with E-state index in [0.717, 1.165) is 27.0 Å². The largest absolute Gasteiger partial charge is 0.326 e. The van der Waals surface area contributed by atoms with Gasteiger partial charge in [-0.2, -0.15) is 0 Å². The van der Waals surface area contributed by atoms with Crippen LogP contribution in [0.3, 0.4) is 0 Å². The first-order valence-corrected chi connectivity index (χ1v) is 7.32. The molecule has 1 aliphatic heterocycles. The molecule has 0 saturated carbocycles. The van der Waals surface area contributed by atoms with Crippen LogP contribution >= 0.6 is 15.9 Å². The summed E-state index contributed by atoms with van der Waals surface area (Å²) in [5, 5.41) is 5.62. The minimum Gasteiger partial charge on any atom is -0.326 e. The molecule has 2 amide bonds. The second kappa shape index (κ2) is 5.33. The fraction of sp³-hybridized carbons (Fsp3) is 0.125. The van der Waals surface area contributed by atoms with Gasteiger partial charge in [0.15, 0.2) is 0 Å². The summed E-state index contributed by atoms with van der Waals surface area (Å²) in [7, 11) is 0. The number of fused-ring (bicyclic) bond motifs is 1. The Bertz CT molecular complexity index is 736. The van der Waals surface area contributed by atoms with Crippen molar-refractivity contribution in [3.8, 4) is 0 Å². The number of hydrogen-bond donors (Lipinski definition) is 2.